The summed E-state index contributed by atoms with van der Waals surface area (Å²) < 4.78 is 99.0. The van der Waals surface area contributed by atoms with Crippen LogP contribution >= 0.6 is 23.4 Å². The zero-order valence-corrected chi connectivity index (χ0v) is 38.4. The predicted octanol–water partition coefficient (Wildman–Crippen LogP) is 8.83. The van der Waals surface area contributed by atoms with E-state index >= 15 is 0 Å². The van der Waals surface area contributed by atoms with E-state index in [1.807, 2.05) is 79.7 Å². The Kier molecular flexibility index (Phi) is 14.8. The van der Waals surface area contributed by atoms with Crippen LogP contribution in [0.5, 0.6) is 0 Å². The van der Waals surface area contributed by atoms with Crippen molar-refractivity contribution in [2.75, 3.05) is 49.5 Å². The van der Waals surface area contributed by atoms with Gasteiger partial charge in [0.15, 0.2) is 0 Å². The maximum Gasteiger partial charge on any atom is 0.501 e. The summed E-state index contributed by atoms with van der Waals surface area (Å²) in [5, 5.41) is 3.70. The monoisotopic (exact) mass is 941 g/mol. The molecule has 3 unspecified atom stereocenters. The summed E-state index contributed by atoms with van der Waals surface area (Å²) in [7, 11) is -6.89. The van der Waals surface area contributed by atoms with E-state index in [1.54, 1.807) is 0 Å². The number of sulfone groups is 1. The van der Waals surface area contributed by atoms with Gasteiger partial charge in [0.2, 0.25) is 0 Å². The number of hydrogen-bond acceptors (Lipinski definition) is 11. The Morgan fingerprint density at radius 2 is 1.67 bits per heavy atom. The number of nitrogens with zero attached hydrogens (tertiary/aromatic N) is 5. The van der Waals surface area contributed by atoms with Gasteiger partial charge in [0.05, 0.1) is 16.3 Å². The van der Waals surface area contributed by atoms with Gasteiger partial charge in [-0.15, -0.1) is 11.8 Å². The minimum absolute atomic E-state index is 0.00584. The van der Waals surface area contributed by atoms with Crippen molar-refractivity contribution >= 4 is 54.7 Å². The predicted molar refractivity (Wildman–Crippen MR) is 244 cm³/mol. The van der Waals surface area contributed by atoms with E-state index in [0.717, 1.165) is 48.5 Å². The lowest BCUT2D eigenvalue weighted by molar-refractivity contribution is -0.0435. The first-order chi connectivity index (χ1) is 30.0. The molecule has 0 radical (unpaired) electrons. The van der Waals surface area contributed by atoms with Crippen molar-refractivity contribution in [3.8, 4) is 11.1 Å². The van der Waals surface area contributed by atoms with Crippen LogP contribution in [0, 0.1) is 0 Å². The second-order valence-corrected chi connectivity index (χ2v) is 21.4. The number of fused-ring (bicyclic) bond motifs is 1. The highest BCUT2D eigenvalue weighted by molar-refractivity contribution is 7.99. The van der Waals surface area contributed by atoms with Crippen molar-refractivity contribution in [1.82, 2.24) is 24.7 Å². The molecule has 7 rings (SSSR count). The third-order valence-electron chi connectivity index (χ3n) is 11.7. The summed E-state index contributed by atoms with van der Waals surface area (Å²) in [6.45, 7) is 5.59. The molecular formula is C45H51ClF3N7O4S3. The number of rotatable bonds is 16. The Morgan fingerprint density at radius 1 is 0.937 bits per heavy atom. The average Bonchev–Trinajstić information content (AvgIpc) is 3.25. The Balaban J connectivity index is 1.05. The Bertz CT molecular complexity index is 2590. The highest BCUT2D eigenvalue weighted by atomic mass is 35.5. The maximum absolute atomic E-state index is 14.2. The second-order valence-electron chi connectivity index (χ2n) is 16.3. The lowest BCUT2D eigenvalue weighted by Crippen LogP contribution is -2.50. The fourth-order valence-corrected chi connectivity index (χ4v) is 11.4. The molecule has 0 aliphatic carbocycles. The fourth-order valence-electron chi connectivity index (χ4n) is 8.19. The van der Waals surface area contributed by atoms with Crippen LogP contribution in [0.1, 0.15) is 43.0 Å². The van der Waals surface area contributed by atoms with Crippen molar-refractivity contribution in [2.24, 2.45) is 0 Å². The molecule has 0 spiro atoms. The molecule has 3 heterocycles. The minimum atomic E-state index is -5.99. The number of sulfonamides is 1. The fraction of sp³-hybridized carbons (Fsp3) is 0.378. The molecule has 4 aromatic carbocycles. The minimum Gasteiger partial charge on any atom is -0.380 e. The van der Waals surface area contributed by atoms with Crippen molar-refractivity contribution < 1.29 is 30.0 Å². The first kappa shape index (κ1) is 46.8. The summed E-state index contributed by atoms with van der Waals surface area (Å²) >= 11 is 7.62. The van der Waals surface area contributed by atoms with Gasteiger partial charge in [-0.2, -0.15) is 13.2 Å². The van der Waals surface area contributed by atoms with Crippen molar-refractivity contribution in [2.45, 2.75) is 84.0 Å². The second kappa shape index (κ2) is 19.9. The number of nitrogens with one attached hydrogen (secondary N) is 2. The van der Waals surface area contributed by atoms with Gasteiger partial charge >= 0.3 is 5.51 Å². The molecule has 1 fully saturated rings. The van der Waals surface area contributed by atoms with Crippen LogP contribution in [0.2, 0.25) is 5.02 Å². The van der Waals surface area contributed by atoms with E-state index in [0.29, 0.717) is 66.6 Å². The molecule has 11 nitrogen and oxygen atoms in total. The van der Waals surface area contributed by atoms with Gasteiger partial charge in [0.25, 0.3) is 19.9 Å². The van der Waals surface area contributed by atoms with E-state index < -0.39 is 41.2 Å². The van der Waals surface area contributed by atoms with Crippen molar-refractivity contribution in [3.05, 3.63) is 125 Å². The van der Waals surface area contributed by atoms with Crippen LogP contribution in [0.15, 0.2) is 118 Å². The average molecular weight is 943 g/mol. The highest BCUT2D eigenvalue weighted by Crippen LogP contribution is 2.38. The van der Waals surface area contributed by atoms with Gasteiger partial charge < -0.3 is 10.2 Å². The van der Waals surface area contributed by atoms with E-state index in [4.69, 9.17) is 11.6 Å². The molecule has 1 saturated heterocycles. The molecule has 18 heteroatoms. The van der Waals surface area contributed by atoms with Crippen LogP contribution in [-0.2, 0) is 39.4 Å². The maximum atomic E-state index is 14.2. The number of alkyl halides is 3. The molecule has 3 atom stereocenters. The molecule has 336 valence electrons. The molecule has 2 N–H and O–H groups in total. The normalized spacial score (nSPS) is 18.2. The van der Waals surface area contributed by atoms with Crippen LogP contribution in [0.4, 0.5) is 24.7 Å². The number of anilines is 2. The highest BCUT2D eigenvalue weighted by Gasteiger charge is 2.48. The van der Waals surface area contributed by atoms with Crippen molar-refractivity contribution in [3.63, 3.8) is 0 Å². The van der Waals surface area contributed by atoms with Crippen LogP contribution < -0.4 is 10.0 Å². The van der Waals surface area contributed by atoms with Crippen LogP contribution in [-0.4, -0.2) is 105 Å². The molecule has 0 bridgehead atoms. The summed E-state index contributed by atoms with van der Waals surface area (Å²) in [6, 6.07) is 28.6. The first-order valence-corrected chi connectivity index (χ1v) is 25.0. The summed E-state index contributed by atoms with van der Waals surface area (Å²) in [4.78, 5) is 14.6. The number of piperidine rings is 1. The Hall–Kier alpha value is -4.23. The molecule has 1 aromatic heterocycles. The number of aromatic nitrogens is 2. The van der Waals surface area contributed by atoms with Crippen molar-refractivity contribution in [1.29, 1.82) is 0 Å². The number of likely N-dealkylation sites (tertiary alicyclic amines) is 1. The lowest BCUT2D eigenvalue weighted by Gasteiger charge is -2.43. The van der Waals surface area contributed by atoms with Gasteiger partial charge in [-0.3, -0.25) is 14.5 Å². The molecule has 0 saturated carbocycles. The zero-order chi connectivity index (χ0) is 44.9. The topological polar surface area (TPSA) is 128 Å². The number of hydrogen-bond donors (Lipinski definition) is 2. The van der Waals surface area contributed by atoms with Gasteiger partial charge in [0, 0.05) is 65.5 Å². The van der Waals surface area contributed by atoms with E-state index in [2.05, 4.69) is 54.9 Å². The third-order valence-corrected chi connectivity index (χ3v) is 15.9. The molecule has 63 heavy (non-hydrogen) atoms. The lowest BCUT2D eigenvalue weighted by atomic mass is 9.93. The van der Waals surface area contributed by atoms with E-state index in [1.165, 1.54) is 29.2 Å². The zero-order valence-electron chi connectivity index (χ0n) is 35.2. The molecule has 0 amide bonds. The molecule has 2 aliphatic rings. The van der Waals surface area contributed by atoms with E-state index in [-0.39, 0.29) is 17.5 Å². The first-order valence-electron chi connectivity index (χ1n) is 20.7. The van der Waals surface area contributed by atoms with Gasteiger partial charge in [-0.05, 0) is 112 Å². The Morgan fingerprint density at radius 3 is 2.38 bits per heavy atom. The van der Waals surface area contributed by atoms with Gasteiger partial charge in [-0.25, -0.2) is 26.8 Å². The Labute approximate surface area is 377 Å². The smallest absolute Gasteiger partial charge is 0.380 e. The van der Waals surface area contributed by atoms with E-state index in [9.17, 15) is 30.0 Å². The van der Waals surface area contributed by atoms with Crippen LogP contribution in [0.3, 0.4) is 0 Å². The largest absolute Gasteiger partial charge is 0.501 e. The summed E-state index contributed by atoms with van der Waals surface area (Å²) in [6.07, 6.45) is 4.03. The van der Waals surface area contributed by atoms with Gasteiger partial charge in [-0.1, -0.05) is 66.2 Å². The number of benzene rings is 4. The number of thioether (sulfide) groups is 1. The molecule has 5 aromatic rings. The van der Waals surface area contributed by atoms with Gasteiger partial charge in [0.1, 0.15) is 17.0 Å². The number of halogens is 4. The molecular weight excluding hydrogens is 891 g/mol. The summed E-state index contributed by atoms with van der Waals surface area (Å²) in [5.41, 5.74) is -1.25. The molecule has 2 aliphatic heterocycles. The standard InChI is InChI=1S/C45H51ClF3N7O4S3/c1-31-25-36(20-23-55(31)27-33-9-7-8-12-39(33)32-13-15-34(46)16-14-32)56-24-21-40-42(28-56)50-30-51-44(40)53-63(59,60)38-17-18-41(43(26-38)62(57,58)45(47,48)49)52-35(19-22-54(2)3)29-61-37-10-5-4-6-11-37/h4-18,26,30-31,35-36,52H,19-25,27-29H2,1-3H3,(H,50,51,53). The third kappa shape index (κ3) is 11.4. The van der Waals surface area contributed by atoms with Crippen LogP contribution in [0.25, 0.3) is 11.1 Å². The SMILES string of the molecule is CC1CC(N2CCc3c(ncnc3NS(=O)(=O)c3ccc(NC(CCN(C)C)CSc4ccccc4)c(S(=O)(=O)C(F)(F)F)c3)C2)CCN1Cc1ccccc1-c1ccc(Cl)cc1. The quantitative estimate of drug-likeness (QED) is 0.0922. The summed E-state index contributed by atoms with van der Waals surface area (Å²) in [5.74, 6) is 0.409.